The Morgan fingerprint density at radius 2 is 1.80 bits per heavy atom. The van der Waals surface area contributed by atoms with Crippen molar-refractivity contribution in [1.82, 2.24) is 10.6 Å². The first-order chi connectivity index (χ1) is 7.43. The lowest BCUT2D eigenvalue weighted by molar-refractivity contribution is 0.370. The first-order valence-corrected chi connectivity index (χ1v) is 6.87. The van der Waals surface area contributed by atoms with E-state index >= 15 is 0 Å². The second-order valence-electron chi connectivity index (χ2n) is 5.79. The molecule has 15 heavy (non-hydrogen) atoms. The molecule has 3 fully saturated rings. The number of hydrogen-bond donors (Lipinski definition) is 2. The molecule has 1 unspecified atom stereocenters. The molecule has 1 heterocycles. The summed E-state index contributed by atoms with van der Waals surface area (Å²) in [6, 6.07) is 0.768. The standard InChI is InChI=1S/C13H24N2/c1-2-12(15-7-1)8-14-9-13(10-3-4-10)11-5-6-11/h10-15H,1-9H2. The van der Waals surface area contributed by atoms with Crippen molar-refractivity contribution in [3.8, 4) is 0 Å². The molecular formula is C13H24N2. The lowest BCUT2D eigenvalue weighted by Gasteiger charge is -2.18. The van der Waals surface area contributed by atoms with Crippen molar-refractivity contribution in [2.24, 2.45) is 17.8 Å². The molecule has 1 atom stereocenters. The normalized spacial score (nSPS) is 31.4. The van der Waals surface area contributed by atoms with E-state index in [2.05, 4.69) is 10.6 Å². The number of nitrogens with one attached hydrogen (secondary N) is 2. The first-order valence-electron chi connectivity index (χ1n) is 6.87. The zero-order chi connectivity index (χ0) is 10.1. The molecule has 1 saturated heterocycles. The smallest absolute Gasteiger partial charge is 0.0192 e. The summed E-state index contributed by atoms with van der Waals surface area (Å²) < 4.78 is 0. The number of rotatable bonds is 6. The highest BCUT2D eigenvalue weighted by Crippen LogP contribution is 2.48. The molecule has 0 aromatic heterocycles. The fraction of sp³-hybridized carbons (Fsp3) is 1.00. The van der Waals surface area contributed by atoms with Crippen LogP contribution in [0.5, 0.6) is 0 Å². The first kappa shape index (κ1) is 10.1. The van der Waals surface area contributed by atoms with Gasteiger partial charge in [-0.2, -0.15) is 0 Å². The lowest BCUT2D eigenvalue weighted by Crippen LogP contribution is -2.37. The minimum Gasteiger partial charge on any atom is -0.315 e. The van der Waals surface area contributed by atoms with Gasteiger partial charge in [0.15, 0.2) is 0 Å². The van der Waals surface area contributed by atoms with E-state index in [4.69, 9.17) is 0 Å². The van der Waals surface area contributed by atoms with Crippen molar-refractivity contribution in [1.29, 1.82) is 0 Å². The van der Waals surface area contributed by atoms with Gasteiger partial charge in [-0.25, -0.2) is 0 Å². The summed E-state index contributed by atoms with van der Waals surface area (Å²) in [5.74, 6) is 3.23. The Morgan fingerprint density at radius 1 is 1.07 bits per heavy atom. The van der Waals surface area contributed by atoms with Crippen molar-refractivity contribution in [2.75, 3.05) is 19.6 Å². The molecule has 2 nitrogen and oxygen atoms in total. The van der Waals surface area contributed by atoms with Crippen LogP contribution in [0.4, 0.5) is 0 Å². The highest BCUT2D eigenvalue weighted by Gasteiger charge is 2.40. The third-order valence-electron chi connectivity index (χ3n) is 4.39. The van der Waals surface area contributed by atoms with Crippen LogP contribution in [0, 0.1) is 17.8 Å². The molecule has 0 bridgehead atoms. The van der Waals surface area contributed by atoms with Crippen LogP contribution in [0.15, 0.2) is 0 Å². The van der Waals surface area contributed by atoms with Crippen LogP contribution in [0.1, 0.15) is 38.5 Å². The molecule has 0 aromatic rings. The van der Waals surface area contributed by atoms with E-state index in [1.54, 1.807) is 0 Å². The minimum atomic E-state index is 0.768. The molecule has 1 aliphatic heterocycles. The number of hydrogen-bond acceptors (Lipinski definition) is 2. The fourth-order valence-electron chi connectivity index (χ4n) is 3.12. The molecule has 3 aliphatic rings. The average Bonchev–Trinajstić information content (AvgIpc) is 3.15. The summed E-state index contributed by atoms with van der Waals surface area (Å²) in [6.07, 6.45) is 8.83. The molecule has 0 aromatic carbocycles. The molecular weight excluding hydrogens is 184 g/mol. The average molecular weight is 208 g/mol. The maximum absolute atomic E-state index is 3.71. The Kier molecular flexibility index (Phi) is 2.98. The minimum absolute atomic E-state index is 0.768. The molecule has 86 valence electrons. The van der Waals surface area contributed by atoms with Gasteiger partial charge in [0.2, 0.25) is 0 Å². The van der Waals surface area contributed by atoms with Gasteiger partial charge in [0, 0.05) is 12.6 Å². The van der Waals surface area contributed by atoms with Crippen LogP contribution < -0.4 is 10.6 Å². The maximum Gasteiger partial charge on any atom is 0.0192 e. The molecule has 3 rings (SSSR count). The van der Waals surface area contributed by atoms with Gasteiger partial charge in [0.05, 0.1) is 0 Å². The van der Waals surface area contributed by atoms with E-state index in [-0.39, 0.29) is 0 Å². The van der Waals surface area contributed by atoms with Gasteiger partial charge in [-0.1, -0.05) is 0 Å². The van der Waals surface area contributed by atoms with Crippen molar-refractivity contribution in [3.63, 3.8) is 0 Å². The molecule has 0 amide bonds. The molecule has 2 aliphatic carbocycles. The van der Waals surface area contributed by atoms with Crippen LogP contribution in [-0.4, -0.2) is 25.7 Å². The molecule has 2 N–H and O–H groups in total. The van der Waals surface area contributed by atoms with Crippen LogP contribution in [0.2, 0.25) is 0 Å². The van der Waals surface area contributed by atoms with E-state index in [1.807, 2.05) is 0 Å². The SMILES string of the molecule is C1CNC(CNCC(C2CC2)C2CC2)C1. The van der Waals surface area contributed by atoms with Crippen LogP contribution >= 0.6 is 0 Å². The summed E-state index contributed by atoms with van der Waals surface area (Å²) in [5.41, 5.74) is 0. The third-order valence-corrected chi connectivity index (χ3v) is 4.39. The lowest BCUT2D eigenvalue weighted by atomic mass is 9.98. The Bertz CT molecular complexity index is 191. The molecule has 0 radical (unpaired) electrons. The van der Waals surface area contributed by atoms with Crippen molar-refractivity contribution < 1.29 is 0 Å². The van der Waals surface area contributed by atoms with E-state index in [9.17, 15) is 0 Å². The van der Waals surface area contributed by atoms with Crippen LogP contribution in [0.25, 0.3) is 0 Å². The summed E-state index contributed by atoms with van der Waals surface area (Å²) >= 11 is 0. The van der Waals surface area contributed by atoms with Crippen molar-refractivity contribution in [3.05, 3.63) is 0 Å². The Morgan fingerprint density at radius 3 is 2.33 bits per heavy atom. The van der Waals surface area contributed by atoms with Gasteiger partial charge < -0.3 is 10.6 Å². The van der Waals surface area contributed by atoms with E-state index < -0.39 is 0 Å². The molecule has 2 saturated carbocycles. The zero-order valence-electron chi connectivity index (χ0n) is 9.67. The monoisotopic (exact) mass is 208 g/mol. The van der Waals surface area contributed by atoms with E-state index in [0.29, 0.717) is 0 Å². The third kappa shape index (κ3) is 2.73. The van der Waals surface area contributed by atoms with Gasteiger partial charge >= 0.3 is 0 Å². The van der Waals surface area contributed by atoms with Crippen molar-refractivity contribution >= 4 is 0 Å². The summed E-state index contributed by atoms with van der Waals surface area (Å²) in [7, 11) is 0. The van der Waals surface area contributed by atoms with Gasteiger partial charge in [0.25, 0.3) is 0 Å². The van der Waals surface area contributed by atoms with Crippen LogP contribution in [-0.2, 0) is 0 Å². The van der Waals surface area contributed by atoms with E-state index in [0.717, 1.165) is 23.8 Å². The summed E-state index contributed by atoms with van der Waals surface area (Å²) in [4.78, 5) is 0. The predicted octanol–water partition coefficient (Wildman–Crippen LogP) is 1.76. The second-order valence-corrected chi connectivity index (χ2v) is 5.79. The Labute approximate surface area is 93.2 Å². The highest BCUT2D eigenvalue weighted by atomic mass is 15.0. The Balaban J connectivity index is 1.36. The summed E-state index contributed by atoms with van der Waals surface area (Å²) in [5, 5.41) is 7.27. The van der Waals surface area contributed by atoms with Gasteiger partial charge in [0.1, 0.15) is 0 Å². The highest BCUT2D eigenvalue weighted by molar-refractivity contribution is 4.92. The summed E-state index contributed by atoms with van der Waals surface area (Å²) in [6.45, 7) is 3.74. The van der Waals surface area contributed by atoms with Crippen LogP contribution in [0.3, 0.4) is 0 Å². The largest absolute Gasteiger partial charge is 0.315 e. The Hall–Kier alpha value is -0.0800. The maximum atomic E-state index is 3.71. The van der Waals surface area contributed by atoms with Gasteiger partial charge in [-0.05, 0) is 69.4 Å². The fourth-order valence-corrected chi connectivity index (χ4v) is 3.12. The van der Waals surface area contributed by atoms with E-state index in [1.165, 1.54) is 58.2 Å². The molecule has 0 spiro atoms. The van der Waals surface area contributed by atoms with Gasteiger partial charge in [-0.15, -0.1) is 0 Å². The van der Waals surface area contributed by atoms with Crippen molar-refractivity contribution in [2.45, 2.75) is 44.6 Å². The topological polar surface area (TPSA) is 24.1 Å². The zero-order valence-corrected chi connectivity index (χ0v) is 9.67. The molecule has 2 heteroatoms. The quantitative estimate of drug-likeness (QED) is 0.695. The predicted molar refractivity (Wildman–Crippen MR) is 62.8 cm³/mol. The second kappa shape index (κ2) is 4.42. The van der Waals surface area contributed by atoms with Gasteiger partial charge in [-0.3, -0.25) is 0 Å².